The minimum absolute atomic E-state index is 0.0392. The third kappa shape index (κ3) is 3.02. The van der Waals surface area contributed by atoms with E-state index < -0.39 is 29.3 Å². The van der Waals surface area contributed by atoms with Gasteiger partial charge in [-0.15, -0.1) is 0 Å². The van der Waals surface area contributed by atoms with Crippen LogP contribution in [0.3, 0.4) is 0 Å². The smallest absolute Gasteiger partial charge is 0.294 e. The predicted molar refractivity (Wildman–Crippen MR) is 105 cm³/mol. The largest absolute Gasteiger partial charge is 0.503 e. The van der Waals surface area contributed by atoms with Crippen LogP contribution in [0, 0.1) is 19.7 Å². The number of nitrogens with zero attached hydrogens (tertiary/aromatic N) is 1. The van der Waals surface area contributed by atoms with Crippen molar-refractivity contribution in [1.82, 2.24) is 0 Å². The minimum atomic E-state index is -1.12. The van der Waals surface area contributed by atoms with Gasteiger partial charge in [-0.2, -0.15) is 0 Å². The monoisotopic (exact) mass is 391 g/mol. The molecule has 0 bridgehead atoms. The van der Waals surface area contributed by atoms with Crippen LogP contribution in [-0.4, -0.2) is 16.8 Å². The summed E-state index contributed by atoms with van der Waals surface area (Å²) in [6, 6.07) is 13.0. The normalized spacial score (nSPS) is 16.6. The Morgan fingerprint density at radius 1 is 1.07 bits per heavy atom. The number of Topliss-reactive ketones (excluding diaryl/α,β-unsaturated/α-hetero) is 1. The molecule has 0 saturated heterocycles. The number of hydrogen-bond acceptors (Lipinski definition) is 4. The van der Waals surface area contributed by atoms with Gasteiger partial charge in [0.05, 0.1) is 17.9 Å². The van der Waals surface area contributed by atoms with E-state index in [0.717, 1.165) is 11.1 Å². The van der Waals surface area contributed by atoms with Crippen molar-refractivity contribution in [3.63, 3.8) is 0 Å². The highest BCUT2D eigenvalue weighted by molar-refractivity contribution is 6.20. The Labute approximate surface area is 166 Å². The van der Waals surface area contributed by atoms with Gasteiger partial charge in [0, 0.05) is 11.3 Å². The van der Waals surface area contributed by atoms with Gasteiger partial charge in [-0.1, -0.05) is 24.3 Å². The van der Waals surface area contributed by atoms with Crippen LogP contribution in [-0.2, 0) is 4.79 Å². The maximum Gasteiger partial charge on any atom is 0.294 e. The molecule has 3 aromatic rings. The van der Waals surface area contributed by atoms with Crippen LogP contribution in [0.1, 0.15) is 33.3 Å². The number of ketones is 1. The third-order valence-corrected chi connectivity index (χ3v) is 5.17. The van der Waals surface area contributed by atoms with E-state index in [9.17, 15) is 19.1 Å². The Balaban J connectivity index is 1.92. The summed E-state index contributed by atoms with van der Waals surface area (Å²) in [5.74, 6) is -2.77. The number of carbonyl (C=O) groups excluding carboxylic acids is 2. The molecule has 1 aliphatic rings. The minimum Gasteiger partial charge on any atom is -0.503 e. The van der Waals surface area contributed by atoms with Crippen molar-refractivity contribution in [2.24, 2.45) is 0 Å². The van der Waals surface area contributed by atoms with Gasteiger partial charge in [0.15, 0.2) is 11.5 Å². The first kappa shape index (κ1) is 18.7. The van der Waals surface area contributed by atoms with Gasteiger partial charge < -0.3 is 9.52 Å². The molecular weight excluding hydrogens is 373 g/mol. The van der Waals surface area contributed by atoms with Gasteiger partial charge in [0.2, 0.25) is 5.78 Å². The first-order valence-corrected chi connectivity index (χ1v) is 9.06. The standard InChI is InChI=1S/C23H18FNO4/c1-13-9-10-15(12-14(13)2)25-20(16-6-3-4-7-17(16)24)19(22(27)23(25)28)21(26)18-8-5-11-29-18/h3-12,20,27H,1-2H3. The molecule has 0 spiro atoms. The second-order valence-corrected chi connectivity index (χ2v) is 6.94. The molecule has 0 fully saturated rings. The fourth-order valence-electron chi connectivity index (χ4n) is 3.51. The quantitative estimate of drug-likeness (QED) is 0.648. The number of carbonyl (C=O) groups is 2. The van der Waals surface area contributed by atoms with E-state index >= 15 is 0 Å². The maximum atomic E-state index is 14.7. The number of hydrogen-bond donors (Lipinski definition) is 1. The molecule has 1 amide bonds. The van der Waals surface area contributed by atoms with Crippen LogP contribution in [0.2, 0.25) is 0 Å². The number of rotatable bonds is 4. The zero-order valence-corrected chi connectivity index (χ0v) is 15.8. The van der Waals surface area contributed by atoms with Crippen LogP contribution in [0.4, 0.5) is 10.1 Å². The van der Waals surface area contributed by atoms with Gasteiger partial charge in [-0.05, 0) is 55.3 Å². The highest BCUT2D eigenvalue weighted by atomic mass is 19.1. The van der Waals surface area contributed by atoms with E-state index in [-0.39, 0.29) is 16.9 Å². The number of benzene rings is 2. The van der Waals surface area contributed by atoms with Crippen molar-refractivity contribution in [3.05, 3.63) is 100 Å². The van der Waals surface area contributed by atoms with E-state index in [2.05, 4.69) is 0 Å². The number of halogens is 1. The fourth-order valence-corrected chi connectivity index (χ4v) is 3.51. The van der Waals surface area contributed by atoms with E-state index in [1.54, 1.807) is 18.2 Å². The molecular formula is C23H18FNO4. The molecule has 0 radical (unpaired) electrons. The third-order valence-electron chi connectivity index (χ3n) is 5.17. The molecule has 2 heterocycles. The van der Waals surface area contributed by atoms with Crippen molar-refractivity contribution in [2.75, 3.05) is 4.90 Å². The SMILES string of the molecule is Cc1ccc(N2C(=O)C(O)=C(C(=O)c3ccco3)C2c2ccccc2F)cc1C. The van der Waals surface area contributed by atoms with Gasteiger partial charge in [0.25, 0.3) is 5.91 Å². The van der Waals surface area contributed by atoms with E-state index in [1.807, 2.05) is 19.9 Å². The molecule has 4 rings (SSSR count). The summed E-state index contributed by atoms with van der Waals surface area (Å²) in [7, 11) is 0. The fraction of sp³-hybridized carbons (Fsp3) is 0.130. The van der Waals surface area contributed by atoms with E-state index in [4.69, 9.17) is 4.42 Å². The first-order chi connectivity index (χ1) is 13.9. The topological polar surface area (TPSA) is 70.8 Å². The average molecular weight is 391 g/mol. The molecule has 146 valence electrons. The summed E-state index contributed by atoms with van der Waals surface area (Å²) < 4.78 is 19.9. The molecule has 1 aliphatic heterocycles. The van der Waals surface area contributed by atoms with Crippen molar-refractivity contribution in [2.45, 2.75) is 19.9 Å². The summed E-state index contributed by atoms with van der Waals surface area (Å²) in [6.45, 7) is 3.82. The lowest BCUT2D eigenvalue weighted by Crippen LogP contribution is -2.31. The molecule has 0 saturated carbocycles. The first-order valence-electron chi connectivity index (χ1n) is 9.06. The molecule has 29 heavy (non-hydrogen) atoms. The average Bonchev–Trinajstić information content (AvgIpc) is 3.32. The summed E-state index contributed by atoms with van der Waals surface area (Å²) >= 11 is 0. The van der Waals surface area contributed by atoms with Crippen molar-refractivity contribution in [3.8, 4) is 0 Å². The molecule has 2 aromatic carbocycles. The van der Waals surface area contributed by atoms with Gasteiger partial charge in [0.1, 0.15) is 5.82 Å². The zero-order valence-electron chi connectivity index (χ0n) is 15.8. The highest BCUT2D eigenvalue weighted by Gasteiger charge is 2.46. The lowest BCUT2D eigenvalue weighted by atomic mass is 9.94. The van der Waals surface area contributed by atoms with Crippen LogP contribution in [0.15, 0.2) is 76.6 Å². The van der Waals surface area contributed by atoms with E-state index in [1.165, 1.54) is 41.5 Å². The lowest BCUT2D eigenvalue weighted by molar-refractivity contribution is -0.117. The summed E-state index contributed by atoms with van der Waals surface area (Å²) in [6.07, 6.45) is 1.32. The molecule has 5 nitrogen and oxygen atoms in total. The van der Waals surface area contributed by atoms with Gasteiger partial charge in [-0.3, -0.25) is 14.5 Å². The van der Waals surface area contributed by atoms with Gasteiger partial charge >= 0.3 is 0 Å². The number of aliphatic hydroxyl groups excluding tert-OH is 1. The molecule has 0 aliphatic carbocycles. The number of amides is 1. The molecule has 1 aromatic heterocycles. The number of anilines is 1. The Hall–Kier alpha value is -3.67. The van der Waals surface area contributed by atoms with E-state index in [0.29, 0.717) is 5.69 Å². The Bertz CT molecular complexity index is 1150. The van der Waals surface area contributed by atoms with Crippen molar-refractivity contribution < 1.29 is 23.5 Å². The number of aryl methyl sites for hydroxylation is 2. The van der Waals surface area contributed by atoms with Crippen LogP contribution >= 0.6 is 0 Å². The second-order valence-electron chi connectivity index (χ2n) is 6.94. The molecule has 1 N–H and O–H groups in total. The summed E-state index contributed by atoms with van der Waals surface area (Å²) in [4.78, 5) is 27.3. The Morgan fingerprint density at radius 2 is 1.83 bits per heavy atom. The Morgan fingerprint density at radius 3 is 2.48 bits per heavy atom. The van der Waals surface area contributed by atoms with Crippen molar-refractivity contribution >= 4 is 17.4 Å². The summed E-state index contributed by atoms with van der Waals surface area (Å²) in [5, 5.41) is 10.6. The lowest BCUT2D eigenvalue weighted by Gasteiger charge is -2.27. The van der Waals surface area contributed by atoms with Crippen LogP contribution in [0.5, 0.6) is 0 Å². The maximum absolute atomic E-state index is 14.7. The number of furan rings is 1. The zero-order chi connectivity index (χ0) is 20.7. The molecule has 1 atom stereocenters. The number of aliphatic hydroxyl groups is 1. The van der Waals surface area contributed by atoms with Crippen LogP contribution in [0.25, 0.3) is 0 Å². The summed E-state index contributed by atoms with van der Waals surface area (Å²) in [5.41, 5.74) is 2.30. The van der Waals surface area contributed by atoms with Crippen LogP contribution < -0.4 is 4.90 Å². The Kier molecular flexibility index (Phi) is 4.54. The van der Waals surface area contributed by atoms with Crippen molar-refractivity contribution in [1.29, 1.82) is 0 Å². The van der Waals surface area contributed by atoms with Gasteiger partial charge in [-0.25, -0.2) is 4.39 Å². The second kappa shape index (κ2) is 7.05. The highest BCUT2D eigenvalue weighted by Crippen LogP contribution is 2.43. The predicted octanol–water partition coefficient (Wildman–Crippen LogP) is 4.82. The molecule has 6 heteroatoms. The molecule has 1 unspecified atom stereocenters.